The van der Waals surface area contributed by atoms with Gasteiger partial charge in [0.15, 0.2) is 0 Å². The third kappa shape index (κ3) is 4.02. The minimum Gasteiger partial charge on any atom is -0.497 e. The standard InChI is InChI=1S/C24H30F2O/c1-15(2)11-16-12-19(21-7-6-10-24(21,3)4)18(14-23(16)26)20-13-17(27-5)8-9-22(20)25/h8-9,12-15,21H,6-7,10-11H2,1-5H3. The number of rotatable bonds is 5. The molecule has 0 bridgehead atoms. The molecule has 0 saturated heterocycles. The smallest absolute Gasteiger partial charge is 0.131 e. The second-order valence-electron chi connectivity index (χ2n) is 8.91. The van der Waals surface area contributed by atoms with Crippen molar-refractivity contribution in [1.29, 1.82) is 0 Å². The van der Waals surface area contributed by atoms with E-state index in [0.29, 0.717) is 35.1 Å². The molecular weight excluding hydrogens is 342 g/mol. The quantitative estimate of drug-likeness (QED) is 0.542. The first kappa shape index (κ1) is 19.9. The van der Waals surface area contributed by atoms with Gasteiger partial charge in [-0.25, -0.2) is 8.78 Å². The van der Waals surface area contributed by atoms with Gasteiger partial charge < -0.3 is 4.74 Å². The van der Waals surface area contributed by atoms with Crippen molar-refractivity contribution in [2.45, 2.75) is 59.3 Å². The number of halogens is 2. The molecule has 1 fully saturated rings. The van der Waals surface area contributed by atoms with E-state index in [9.17, 15) is 8.78 Å². The molecule has 2 aromatic carbocycles. The van der Waals surface area contributed by atoms with E-state index in [1.807, 2.05) is 6.07 Å². The highest BCUT2D eigenvalue weighted by atomic mass is 19.1. The Hall–Kier alpha value is -1.90. The lowest BCUT2D eigenvalue weighted by molar-refractivity contribution is 0.332. The monoisotopic (exact) mass is 372 g/mol. The number of ether oxygens (including phenoxy) is 1. The van der Waals surface area contributed by atoms with Gasteiger partial charge in [0.1, 0.15) is 17.4 Å². The summed E-state index contributed by atoms with van der Waals surface area (Å²) in [5, 5.41) is 0. The maximum Gasteiger partial charge on any atom is 0.131 e. The molecule has 0 radical (unpaired) electrons. The molecule has 1 nitrogen and oxygen atoms in total. The summed E-state index contributed by atoms with van der Waals surface area (Å²) < 4.78 is 34.9. The maximum atomic E-state index is 14.9. The zero-order valence-electron chi connectivity index (χ0n) is 17.0. The Balaban J connectivity index is 2.22. The van der Waals surface area contributed by atoms with Gasteiger partial charge in [-0.3, -0.25) is 0 Å². The van der Waals surface area contributed by atoms with Crippen LogP contribution in [0.25, 0.3) is 11.1 Å². The van der Waals surface area contributed by atoms with Crippen LogP contribution in [0.15, 0.2) is 30.3 Å². The van der Waals surface area contributed by atoms with Gasteiger partial charge in [0.2, 0.25) is 0 Å². The molecule has 0 amide bonds. The summed E-state index contributed by atoms with van der Waals surface area (Å²) in [7, 11) is 1.56. The van der Waals surface area contributed by atoms with Crippen LogP contribution < -0.4 is 4.74 Å². The van der Waals surface area contributed by atoms with E-state index in [2.05, 4.69) is 27.7 Å². The van der Waals surface area contributed by atoms with Crippen LogP contribution in [0.3, 0.4) is 0 Å². The average Bonchev–Trinajstić information content (AvgIpc) is 2.95. The van der Waals surface area contributed by atoms with E-state index < -0.39 is 0 Å². The fraction of sp³-hybridized carbons (Fsp3) is 0.500. The van der Waals surface area contributed by atoms with Gasteiger partial charge in [-0.2, -0.15) is 0 Å². The summed E-state index contributed by atoms with van der Waals surface area (Å²) in [6.07, 6.45) is 4.02. The number of hydrogen-bond acceptors (Lipinski definition) is 1. The van der Waals surface area contributed by atoms with Gasteiger partial charge in [-0.1, -0.05) is 40.2 Å². The number of methoxy groups -OCH3 is 1. The Morgan fingerprint density at radius 3 is 2.41 bits per heavy atom. The summed E-state index contributed by atoms with van der Waals surface area (Å²) >= 11 is 0. The van der Waals surface area contributed by atoms with Crippen LogP contribution in [0.5, 0.6) is 5.75 Å². The summed E-state index contributed by atoms with van der Waals surface area (Å²) in [6.45, 7) is 8.71. The second-order valence-corrected chi connectivity index (χ2v) is 8.91. The first-order valence-corrected chi connectivity index (χ1v) is 9.89. The van der Waals surface area contributed by atoms with Crippen molar-refractivity contribution in [1.82, 2.24) is 0 Å². The van der Waals surface area contributed by atoms with Crippen LogP contribution in [0, 0.1) is 23.0 Å². The van der Waals surface area contributed by atoms with E-state index in [-0.39, 0.29) is 17.0 Å². The van der Waals surface area contributed by atoms with Crippen molar-refractivity contribution in [3.8, 4) is 16.9 Å². The van der Waals surface area contributed by atoms with Crippen LogP contribution >= 0.6 is 0 Å². The third-order valence-electron chi connectivity index (χ3n) is 5.94. The largest absolute Gasteiger partial charge is 0.497 e. The topological polar surface area (TPSA) is 9.23 Å². The lowest BCUT2D eigenvalue weighted by Gasteiger charge is -2.30. The maximum absolute atomic E-state index is 14.9. The first-order chi connectivity index (χ1) is 12.7. The van der Waals surface area contributed by atoms with E-state index in [1.54, 1.807) is 25.3 Å². The van der Waals surface area contributed by atoms with E-state index in [4.69, 9.17) is 4.74 Å². The second kappa shape index (κ2) is 7.61. The van der Waals surface area contributed by atoms with Crippen LogP contribution in [0.2, 0.25) is 0 Å². The van der Waals surface area contributed by atoms with Gasteiger partial charge >= 0.3 is 0 Å². The molecule has 1 aliphatic rings. The average molecular weight is 372 g/mol. The van der Waals surface area contributed by atoms with Crippen molar-refractivity contribution in [3.63, 3.8) is 0 Å². The summed E-state index contributed by atoms with van der Waals surface area (Å²) in [4.78, 5) is 0. The molecule has 3 rings (SSSR count). The molecule has 27 heavy (non-hydrogen) atoms. The molecule has 1 aliphatic carbocycles. The molecule has 1 atom stereocenters. The fourth-order valence-corrected chi connectivity index (χ4v) is 4.50. The Kier molecular flexibility index (Phi) is 5.60. The normalized spacial score (nSPS) is 18.9. The van der Waals surface area contributed by atoms with Crippen LogP contribution in [0.1, 0.15) is 64.0 Å². The predicted octanol–water partition coefficient (Wildman–Crippen LogP) is 7.13. The highest BCUT2D eigenvalue weighted by Crippen LogP contribution is 2.51. The molecule has 1 unspecified atom stereocenters. The molecule has 1 saturated carbocycles. The summed E-state index contributed by atoms with van der Waals surface area (Å²) in [6, 6.07) is 8.22. The Morgan fingerprint density at radius 1 is 1.07 bits per heavy atom. The highest BCUT2D eigenvalue weighted by molar-refractivity contribution is 5.71. The van der Waals surface area contributed by atoms with Gasteiger partial charge in [-0.15, -0.1) is 0 Å². The zero-order valence-corrected chi connectivity index (χ0v) is 17.0. The summed E-state index contributed by atoms with van der Waals surface area (Å²) in [5.74, 6) is 0.645. The molecule has 0 heterocycles. The van der Waals surface area contributed by atoms with Gasteiger partial charge in [0, 0.05) is 5.56 Å². The Bertz CT molecular complexity index is 823. The molecule has 2 aromatic rings. The SMILES string of the molecule is COc1ccc(F)c(-c2cc(F)c(CC(C)C)cc2C2CCCC2(C)C)c1. The third-order valence-corrected chi connectivity index (χ3v) is 5.94. The fourth-order valence-electron chi connectivity index (χ4n) is 4.50. The molecule has 0 aliphatic heterocycles. The van der Waals surface area contributed by atoms with E-state index >= 15 is 0 Å². The first-order valence-electron chi connectivity index (χ1n) is 9.89. The summed E-state index contributed by atoms with van der Waals surface area (Å²) in [5.41, 5.74) is 3.01. The molecule has 0 N–H and O–H groups in total. The molecule has 146 valence electrons. The predicted molar refractivity (Wildman–Crippen MR) is 107 cm³/mol. The van der Waals surface area contributed by atoms with Crippen LogP contribution in [0.4, 0.5) is 8.78 Å². The van der Waals surface area contributed by atoms with Crippen LogP contribution in [-0.4, -0.2) is 7.11 Å². The van der Waals surface area contributed by atoms with Crippen molar-refractivity contribution < 1.29 is 13.5 Å². The van der Waals surface area contributed by atoms with Crippen molar-refractivity contribution in [2.75, 3.05) is 7.11 Å². The highest BCUT2D eigenvalue weighted by Gasteiger charge is 2.37. The minimum atomic E-state index is -0.344. The minimum absolute atomic E-state index is 0.122. The van der Waals surface area contributed by atoms with Gasteiger partial charge in [0.05, 0.1) is 7.11 Å². The van der Waals surface area contributed by atoms with Gasteiger partial charge in [0.25, 0.3) is 0 Å². The zero-order chi connectivity index (χ0) is 19.8. The molecule has 0 aromatic heterocycles. The molecule has 3 heteroatoms. The van der Waals surface area contributed by atoms with Crippen molar-refractivity contribution >= 4 is 0 Å². The molecule has 0 spiro atoms. The van der Waals surface area contributed by atoms with Crippen LogP contribution in [-0.2, 0) is 6.42 Å². The molecular formula is C24H30F2O. The Morgan fingerprint density at radius 2 is 1.81 bits per heavy atom. The number of hydrogen-bond donors (Lipinski definition) is 0. The lowest BCUT2D eigenvalue weighted by atomic mass is 9.74. The number of benzene rings is 2. The van der Waals surface area contributed by atoms with Crippen molar-refractivity contribution in [2.24, 2.45) is 11.3 Å². The Labute approximate surface area is 161 Å². The van der Waals surface area contributed by atoms with E-state index in [1.165, 1.54) is 6.07 Å². The van der Waals surface area contributed by atoms with Crippen molar-refractivity contribution in [3.05, 3.63) is 53.1 Å². The van der Waals surface area contributed by atoms with E-state index in [0.717, 1.165) is 30.4 Å². The lowest BCUT2D eigenvalue weighted by Crippen LogP contribution is -2.17. The van der Waals surface area contributed by atoms with Gasteiger partial charge in [-0.05, 0) is 77.5 Å².